The molecule has 1 aliphatic rings. The summed E-state index contributed by atoms with van der Waals surface area (Å²) in [4.78, 5) is 28.0. The van der Waals surface area contributed by atoms with Crippen LogP contribution < -0.4 is 10.2 Å². The molecule has 35 heavy (non-hydrogen) atoms. The predicted molar refractivity (Wildman–Crippen MR) is 139 cm³/mol. The Hall–Kier alpha value is -3.48. The molecule has 3 aromatic rings. The molecule has 0 unspecified atom stereocenters. The number of anilines is 3. The Kier molecular flexibility index (Phi) is 7.34. The summed E-state index contributed by atoms with van der Waals surface area (Å²) in [6.45, 7) is 10.3. The number of aromatic nitrogens is 3. The Balaban J connectivity index is 1.55. The van der Waals surface area contributed by atoms with E-state index in [9.17, 15) is 4.79 Å². The third-order valence-corrected chi connectivity index (χ3v) is 6.65. The molecule has 184 valence electrons. The number of nitrogens with one attached hydrogen (secondary N) is 1. The lowest BCUT2D eigenvalue weighted by Crippen LogP contribution is -2.35. The molecule has 0 aliphatic carbocycles. The maximum Gasteiger partial charge on any atom is 0.356 e. The predicted octanol–water partition coefficient (Wildman–Crippen LogP) is 5.47. The maximum absolute atomic E-state index is 12.4. The minimum atomic E-state index is -0.468. The summed E-state index contributed by atoms with van der Waals surface area (Å²) in [5, 5.41) is 3.43. The van der Waals surface area contributed by atoms with Gasteiger partial charge in [-0.2, -0.15) is 4.98 Å². The smallest absolute Gasteiger partial charge is 0.356 e. The van der Waals surface area contributed by atoms with Crippen molar-refractivity contribution in [3.05, 3.63) is 71.2 Å². The molecule has 0 bridgehead atoms. The number of benzene rings is 1. The molecule has 1 saturated heterocycles. The van der Waals surface area contributed by atoms with E-state index in [2.05, 4.69) is 78.2 Å². The summed E-state index contributed by atoms with van der Waals surface area (Å²) < 4.78 is 4.97. The Morgan fingerprint density at radius 3 is 2.46 bits per heavy atom. The largest absolute Gasteiger partial charge is 0.464 e. The van der Waals surface area contributed by atoms with Crippen molar-refractivity contribution in [1.29, 1.82) is 0 Å². The lowest BCUT2D eigenvalue weighted by molar-refractivity contribution is 0.0594. The average molecular weight is 474 g/mol. The van der Waals surface area contributed by atoms with Crippen molar-refractivity contribution in [2.24, 2.45) is 5.92 Å². The van der Waals surface area contributed by atoms with Gasteiger partial charge in [0.2, 0.25) is 5.95 Å². The topological polar surface area (TPSA) is 80.2 Å². The third-order valence-electron chi connectivity index (χ3n) is 6.65. The number of esters is 1. The first-order valence-electron chi connectivity index (χ1n) is 12.2. The number of rotatable bonds is 6. The molecule has 4 rings (SSSR count). The van der Waals surface area contributed by atoms with Crippen LogP contribution in [-0.2, 0) is 16.6 Å². The number of ether oxygens (including phenoxy) is 1. The first kappa shape index (κ1) is 24.6. The third kappa shape index (κ3) is 6.15. The van der Waals surface area contributed by atoms with Gasteiger partial charge in [0, 0.05) is 37.2 Å². The molecule has 7 nitrogen and oxygen atoms in total. The average Bonchev–Trinajstić information content (AvgIpc) is 2.85. The summed E-state index contributed by atoms with van der Waals surface area (Å²) in [5.41, 5.74) is 4.90. The minimum absolute atomic E-state index is 0.0265. The molecule has 1 aliphatic heterocycles. The lowest BCUT2D eigenvalue weighted by Gasteiger charge is -2.32. The molecule has 0 spiro atoms. The summed E-state index contributed by atoms with van der Waals surface area (Å²) in [7, 11) is 1.37. The zero-order valence-electron chi connectivity index (χ0n) is 21.3. The van der Waals surface area contributed by atoms with E-state index in [1.165, 1.54) is 18.2 Å². The van der Waals surface area contributed by atoms with Gasteiger partial charge in [-0.1, -0.05) is 32.9 Å². The van der Waals surface area contributed by atoms with E-state index < -0.39 is 5.97 Å². The van der Waals surface area contributed by atoms with Crippen molar-refractivity contribution >= 4 is 23.4 Å². The van der Waals surface area contributed by atoms with Gasteiger partial charge in [-0.15, -0.1) is 0 Å². The molecule has 0 saturated carbocycles. The van der Waals surface area contributed by atoms with Crippen molar-refractivity contribution in [2.75, 3.05) is 30.4 Å². The molecule has 0 atom stereocenters. The van der Waals surface area contributed by atoms with Gasteiger partial charge in [-0.25, -0.2) is 9.78 Å². The highest BCUT2D eigenvalue weighted by molar-refractivity contribution is 5.88. The number of hydrogen-bond acceptors (Lipinski definition) is 7. The van der Waals surface area contributed by atoms with Crippen LogP contribution >= 0.6 is 0 Å². The van der Waals surface area contributed by atoms with E-state index >= 15 is 0 Å². The van der Waals surface area contributed by atoms with Crippen LogP contribution in [0.2, 0.25) is 0 Å². The zero-order chi connectivity index (χ0) is 25.0. The fourth-order valence-electron chi connectivity index (χ4n) is 4.40. The molecule has 3 heterocycles. The van der Waals surface area contributed by atoms with Gasteiger partial charge >= 0.3 is 5.97 Å². The van der Waals surface area contributed by atoms with Gasteiger partial charge in [0.1, 0.15) is 5.82 Å². The number of hydrogen-bond donors (Lipinski definition) is 1. The van der Waals surface area contributed by atoms with Crippen LogP contribution in [0.25, 0.3) is 0 Å². The molecule has 1 aromatic carbocycles. The highest BCUT2D eigenvalue weighted by Gasteiger charge is 2.23. The molecule has 1 N–H and O–H groups in total. The number of aryl methyl sites for hydroxylation is 1. The second kappa shape index (κ2) is 10.4. The molecule has 0 radical (unpaired) electrons. The SMILES string of the molecule is COC(=O)c1cc(Nc2cc(C(C)(C)C)ccc2C)nc(N2CCC(Cc3ccncc3)CC2)n1. The van der Waals surface area contributed by atoms with Crippen LogP contribution in [-0.4, -0.2) is 41.1 Å². The van der Waals surface area contributed by atoms with Crippen molar-refractivity contribution in [3.8, 4) is 0 Å². The molecule has 0 amide bonds. The van der Waals surface area contributed by atoms with E-state index in [0.717, 1.165) is 43.6 Å². The van der Waals surface area contributed by atoms with E-state index in [1.54, 1.807) is 6.07 Å². The van der Waals surface area contributed by atoms with Crippen molar-refractivity contribution in [3.63, 3.8) is 0 Å². The zero-order valence-corrected chi connectivity index (χ0v) is 21.3. The summed E-state index contributed by atoms with van der Waals surface area (Å²) in [6.07, 6.45) is 6.84. The Morgan fingerprint density at radius 1 is 1.09 bits per heavy atom. The fourth-order valence-corrected chi connectivity index (χ4v) is 4.40. The standard InChI is InChI=1S/C28H35N5O2/c1-19-6-7-22(28(2,3)4)17-23(19)30-25-18-24(26(34)35-5)31-27(32-25)33-14-10-21(11-15-33)16-20-8-12-29-13-9-20/h6-9,12-13,17-18,21H,10-11,14-16H2,1-5H3,(H,30,31,32). The van der Waals surface area contributed by atoms with Crippen LogP contribution in [0.3, 0.4) is 0 Å². The molecule has 7 heteroatoms. The van der Waals surface area contributed by atoms with E-state index in [0.29, 0.717) is 17.7 Å². The quantitative estimate of drug-likeness (QED) is 0.476. The van der Waals surface area contributed by atoms with E-state index in [-0.39, 0.29) is 11.1 Å². The number of carbonyl (C=O) groups is 1. The van der Waals surface area contributed by atoms with Crippen molar-refractivity contribution in [1.82, 2.24) is 15.0 Å². The van der Waals surface area contributed by atoms with Crippen LogP contribution in [0.4, 0.5) is 17.5 Å². The number of pyridine rings is 1. The summed E-state index contributed by atoms with van der Waals surface area (Å²) >= 11 is 0. The Labute approximate surface area is 208 Å². The molecule has 1 fully saturated rings. The number of nitrogens with zero attached hydrogens (tertiary/aromatic N) is 4. The summed E-state index contributed by atoms with van der Waals surface area (Å²) in [5.74, 6) is 1.29. The number of carbonyl (C=O) groups excluding carboxylic acids is 1. The van der Waals surface area contributed by atoms with Crippen LogP contribution in [0.15, 0.2) is 48.8 Å². The lowest BCUT2D eigenvalue weighted by atomic mass is 9.86. The van der Waals surface area contributed by atoms with Crippen molar-refractivity contribution in [2.45, 2.75) is 52.4 Å². The molecule has 2 aromatic heterocycles. The second-order valence-corrected chi connectivity index (χ2v) is 10.3. The highest BCUT2D eigenvalue weighted by Crippen LogP contribution is 2.30. The van der Waals surface area contributed by atoms with Gasteiger partial charge in [-0.05, 0) is 72.4 Å². The van der Waals surface area contributed by atoms with Gasteiger partial charge in [0.25, 0.3) is 0 Å². The van der Waals surface area contributed by atoms with E-state index in [4.69, 9.17) is 9.72 Å². The Bertz CT molecular complexity index is 1170. The summed E-state index contributed by atoms with van der Waals surface area (Å²) in [6, 6.07) is 12.3. The first-order valence-corrected chi connectivity index (χ1v) is 12.2. The van der Waals surface area contributed by atoms with Gasteiger partial charge < -0.3 is 15.0 Å². The second-order valence-electron chi connectivity index (χ2n) is 10.3. The van der Waals surface area contributed by atoms with Gasteiger partial charge in [-0.3, -0.25) is 4.98 Å². The molecular weight excluding hydrogens is 438 g/mol. The Morgan fingerprint density at radius 2 is 1.80 bits per heavy atom. The monoisotopic (exact) mass is 473 g/mol. The molecular formula is C28H35N5O2. The van der Waals surface area contributed by atoms with Crippen LogP contribution in [0.5, 0.6) is 0 Å². The van der Waals surface area contributed by atoms with Crippen LogP contribution in [0.1, 0.15) is 60.8 Å². The van der Waals surface area contributed by atoms with Crippen molar-refractivity contribution < 1.29 is 9.53 Å². The van der Waals surface area contributed by atoms with E-state index in [1.807, 2.05) is 12.4 Å². The normalized spacial score (nSPS) is 14.6. The highest BCUT2D eigenvalue weighted by atomic mass is 16.5. The van der Waals surface area contributed by atoms with Gasteiger partial charge in [0.15, 0.2) is 5.69 Å². The van der Waals surface area contributed by atoms with Gasteiger partial charge in [0.05, 0.1) is 7.11 Å². The maximum atomic E-state index is 12.4. The first-order chi connectivity index (χ1) is 16.7. The minimum Gasteiger partial charge on any atom is -0.464 e. The fraction of sp³-hybridized carbons (Fsp3) is 0.429. The number of methoxy groups -OCH3 is 1. The number of piperidine rings is 1. The van der Waals surface area contributed by atoms with Crippen LogP contribution in [0, 0.1) is 12.8 Å².